The molecule has 16 heavy (non-hydrogen) atoms. The van der Waals surface area contributed by atoms with E-state index in [1.54, 1.807) is 24.3 Å². The Morgan fingerprint density at radius 1 is 1.38 bits per heavy atom. The highest BCUT2D eigenvalue weighted by atomic mass is 32.2. The van der Waals surface area contributed by atoms with Crippen LogP contribution < -0.4 is 10.1 Å². The van der Waals surface area contributed by atoms with Crippen molar-refractivity contribution in [3.8, 4) is 5.75 Å². The Kier molecular flexibility index (Phi) is 4.76. The van der Waals surface area contributed by atoms with E-state index in [0.29, 0.717) is 17.3 Å². The average Bonchev–Trinajstić information content (AvgIpc) is 2.24. The molecule has 4 nitrogen and oxygen atoms in total. The van der Waals surface area contributed by atoms with Crippen molar-refractivity contribution in [3.63, 3.8) is 0 Å². The number of rotatable bonds is 6. The van der Waals surface area contributed by atoms with Crippen LogP contribution in [0.5, 0.6) is 5.75 Å². The molecule has 0 fully saturated rings. The zero-order chi connectivity index (χ0) is 12.0. The van der Waals surface area contributed by atoms with E-state index in [1.165, 1.54) is 6.26 Å². The fourth-order valence-corrected chi connectivity index (χ4v) is 1.89. The van der Waals surface area contributed by atoms with E-state index in [0.717, 1.165) is 13.0 Å². The molecule has 0 spiro atoms. The SMILES string of the molecule is CNCCCOc1cccc(S(C)(=O)=O)c1. The van der Waals surface area contributed by atoms with Gasteiger partial charge >= 0.3 is 0 Å². The lowest BCUT2D eigenvalue weighted by molar-refractivity contribution is 0.309. The number of nitrogens with one attached hydrogen (secondary N) is 1. The maximum absolute atomic E-state index is 11.3. The van der Waals surface area contributed by atoms with Crippen molar-refractivity contribution in [1.29, 1.82) is 0 Å². The zero-order valence-corrected chi connectivity index (χ0v) is 10.4. The molecule has 1 aromatic carbocycles. The highest BCUT2D eigenvalue weighted by Crippen LogP contribution is 2.17. The number of hydrogen-bond acceptors (Lipinski definition) is 4. The van der Waals surface area contributed by atoms with Crippen LogP contribution in [0.3, 0.4) is 0 Å². The third kappa shape index (κ3) is 4.20. The van der Waals surface area contributed by atoms with Crippen LogP contribution in [-0.2, 0) is 9.84 Å². The minimum absolute atomic E-state index is 0.290. The Morgan fingerprint density at radius 3 is 2.75 bits per heavy atom. The van der Waals surface area contributed by atoms with Gasteiger partial charge in [0.2, 0.25) is 0 Å². The molecule has 0 radical (unpaired) electrons. The molecule has 1 aromatic rings. The van der Waals surface area contributed by atoms with Gasteiger partial charge in [-0.1, -0.05) is 6.07 Å². The standard InChI is InChI=1S/C11H17NO3S/c1-12-7-4-8-15-10-5-3-6-11(9-10)16(2,13)14/h3,5-6,9,12H,4,7-8H2,1-2H3. The summed E-state index contributed by atoms with van der Waals surface area (Å²) in [6, 6.07) is 6.56. The monoisotopic (exact) mass is 243 g/mol. The summed E-state index contributed by atoms with van der Waals surface area (Å²) >= 11 is 0. The molecule has 0 aliphatic carbocycles. The molecule has 0 saturated carbocycles. The summed E-state index contributed by atoms with van der Waals surface area (Å²) in [4.78, 5) is 0.290. The first-order valence-corrected chi connectivity index (χ1v) is 7.00. The molecule has 0 atom stereocenters. The summed E-state index contributed by atoms with van der Waals surface area (Å²) in [5.74, 6) is 0.596. The van der Waals surface area contributed by atoms with Crippen molar-refractivity contribution in [1.82, 2.24) is 5.32 Å². The van der Waals surface area contributed by atoms with E-state index >= 15 is 0 Å². The second-order valence-corrected chi connectivity index (χ2v) is 5.57. The molecule has 1 rings (SSSR count). The molecule has 0 heterocycles. The van der Waals surface area contributed by atoms with E-state index < -0.39 is 9.84 Å². The maximum Gasteiger partial charge on any atom is 0.175 e. The van der Waals surface area contributed by atoms with E-state index in [-0.39, 0.29) is 0 Å². The Bertz CT molecular complexity index is 429. The normalized spacial score (nSPS) is 11.4. The third-order valence-electron chi connectivity index (χ3n) is 2.07. The van der Waals surface area contributed by atoms with Gasteiger partial charge < -0.3 is 10.1 Å². The van der Waals surface area contributed by atoms with Gasteiger partial charge in [0.15, 0.2) is 9.84 Å². The van der Waals surface area contributed by atoms with E-state index in [2.05, 4.69) is 5.32 Å². The van der Waals surface area contributed by atoms with Gasteiger partial charge in [0, 0.05) is 6.26 Å². The number of ether oxygens (including phenoxy) is 1. The smallest absolute Gasteiger partial charge is 0.175 e. The van der Waals surface area contributed by atoms with Crippen LogP contribution in [-0.4, -0.2) is 34.9 Å². The van der Waals surface area contributed by atoms with Crippen molar-refractivity contribution in [2.24, 2.45) is 0 Å². The van der Waals surface area contributed by atoms with Crippen LogP contribution in [0.4, 0.5) is 0 Å². The summed E-state index contributed by atoms with van der Waals surface area (Å²) < 4.78 is 28.0. The van der Waals surface area contributed by atoms with Gasteiger partial charge in [-0.3, -0.25) is 0 Å². The highest BCUT2D eigenvalue weighted by molar-refractivity contribution is 7.90. The third-order valence-corrected chi connectivity index (χ3v) is 3.18. The van der Waals surface area contributed by atoms with Crippen molar-refractivity contribution in [3.05, 3.63) is 24.3 Å². The predicted molar refractivity (Wildman–Crippen MR) is 63.6 cm³/mol. The Labute approximate surface area is 96.5 Å². The second-order valence-electron chi connectivity index (χ2n) is 3.55. The average molecular weight is 243 g/mol. The van der Waals surface area contributed by atoms with Gasteiger partial charge in [-0.25, -0.2) is 8.42 Å². The Morgan fingerprint density at radius 2 is 2.12 bits per heavy atom. The molecule has 0 aliphatic heterocycles. The quantitative estimate of drug-likeness (QED) is 0.760. The van der Waals surface area contributed by atoms with Gasteiger partial charge in [0.05, 0.1) is 11.5 Å². The number of hydrogen-bond donors (Lipinski definition) is 1. The minimum Gasteiger partial charge on any atom is -0.494 e. The maximum atomic E-state index is 11.3. The summed E-state index contributed by atoms with van der Waals surface area (Å²) in [6.07, 6.45) is 2.08. The van der Waals surface area contributed by atoms with Crippen LogP contribution in [0, 0.1) is 0 Å². The van der Waals surface area contributed by atoms with Crippen molar-refractivity contribution < 1.29 is 13.2 Å². The lowest BCUT2D eigenvalue weighted by Gasteiger charge is -2.07. The van der Waals surface area contributed by atoms with Gasteiger partial charge in [-0.05, 0) is 38.2 Å². The summed E-state index contributed by atoms with van der Waals surface area (Å²) in [5.41, 5.74) is 0. The van der Waals surface area contributed by atoms with Gasteiger partial charge in [-0.2, -0.15) is 0 Å². The first kappa shape index (κ1) is 13.0. The molecule has 1 N–H and O–H groups in total. The first-order valence-electron chi connectivity index (χ1n) is 5.11. The van der Waals surface area contributed by atoms with Crippen LogP contribution in [0.1, 0.15) is 6.42 Å². The number of benzene rings is 1. The first-order chi connectivity index (χ1) is 7.54. The van der Waals surface area contributed by atoms with Crippen LogP contribution in [0.2, 0.25) is 0 Å². The highest BCUT2D eigenvalue weighted by Gasteiger charge is 2.07. The van der Waals surface area contributed by atoms with Crippen molar-refractivity contribution in [2.45, 2.75) is 11.3 Å². The summed E-state index contributed by atoms with van der Waals surface area (Å²) in [7, 11) is -1.27. The van der Waals surface area contributed by atoms with E-state index in [1.807, 2.05) is 7.05 Å². The summed E-state index contributed by atoms with van der Waals surface area (Å²) in [6.45, 7) is 1.46. The van der Waals surface area contributed by atoms with Crippen LogP contribution in [0.25, 0.3) is 0 Å². The Balaban J connectivity index is 2.62. The largest absolute Gasteiger partial charge is 0.494 e. The molecule has 0 aromatic heterocycles. The molecule has 0 saturated heterocycles. The molecular weight excluding hydrogens is 226 g/mol. The van der Waals surface area contributed by atoms with Gasteiger partial charge in [-0.15, -0.1) is 0 Å². The molecule has 5 heteroatoms. The minimum atomic E-state index is -3.15. The molecule has 90 valence electrons. The van der Waals surface area contributed by atoms with E-state index in [4.69, 9.17) is 4.74 Å². The topological polar surface area (TPSA) is 55.4 Å². The van der Waals surface area contributed by atoms with Crippen molar-refractivity contribution >= 4 is 9.84 Å². The lowest BCUT2D eigenvalue weighted by Crippen LogP contribution is -2.11. The summed E-state index contributed by atoms with van der Waals surface area (Å²) in [5, 5.41) is 3.01. The Hall–Kier alpha value is -1.07. The fraction of sp³-hybridized carbons (Fsp3) is 0.455. The van der Waals surface area contributed by atoms with Gasteiger partial charge in [0.25, 0.3) is 0 Å². The van der Waals surface area contributed by atoms with E-state index in [9.17, 15) is 8.42 Å². The fourth-order valence-electron chi connectivity index (χ4n) is 1.23. The van der Waals surface area contributed by atoms with Crippen molar-refractivity contribution in [2.75, 3.05) is 26.5 Å². The molecule has 0 aliphatic rings. The van der Waals surface area contributed by atoms with Crippen LogP contribution >= 0.6 is 0 Å². The predicted octanol–water partition coefficient (Wildman–Crippen LogP) is 1.08. The second kappa shape index (κ2) is 5.86. The zero-order valence-electron chi connectivity index (χ0n) is 9.56. The van der Waals surface area contributed by atoms with Crippen LogP contribution in [0.15, 0.2) is 29.2 Å². The van der Waals surface area contributed by atoms with Gasteiger partial charge in [0.1, 0.15) is 5.75 Å². The molecular formula is C11H17NO3S. The molecule has 0 amide bonds. The molecule has 0 unspecified atom stereocenters. The lowest BCUT2D eigenvalue weighted by atomic mass is 10.3. The number of sulfone groups is 1. The molecule has 0 bridgehead atoms.